The maximum atomic E-state index is 12.9. The number of rotatable bonds is 6. The zero-order valence-electron chi connectivity index (χ0n) is 14.5. The Labute approximate surface area is 148 Å². The fraction of sp³-hybridized carbons (Fsp3) is 0.389. The summed E-state index contributed by atoms with van der Waals surface area (Å²) in [6, 6.07) is 10.8. The molecule has 1 aliphatic heterocycles. The lowest BCUT2D eigenvalue weighted by Crippen LogP contribution is -2.37. The van der Waals surface area contributed by atoms with Crippen LogP contribution in [0.4, 0.5) is 5.82 Å². The minimum absolute atomic E-state index is 0.151. The van der Waals surface area contributed by atoms with E-state index < -0.39 is 10.0 Å². The highest BCUT2D eigenvalue weighted by Gasteiger charge is 2.29. The third-order valence-corrected chi connectivity index (χ3v) is 5.71. The molecular weight excluding hydrogens is 338 g/mol. The molecule has 0 spiro atoms. The molecule has 2 aromatic rings. The number of nitrogens with zero attached hydrogens (tertiary/aromatic N) is 2. The van der Waals surface area contributed by atoms with E-state index >= 15 is 0 Å². The highest BCUT2D eigenvalue weighted by atomic mass is 32.2. The summed E-state index contributed by atoms with van der Waals surface area (Å²) in [5.41, 5.74) is 0.880. The molecule has 0 aliphatic carbocycles. The van der Waals surface area contributed by atoms with Crippen molar-refractivity contribution in [2.45, 2.75) is 31.2 Å². The molecule has 6 nitrogen and oxygen atoms in total. The molecule has 1 saturated heterocycles. The minimum atomic E-state index is -3.65. The van der Waals surface area contributed by atoms with Crippen LogP contribution in [0.25, 0.3) is 0 Å². The number of aromatic nitrogens is 1. The average Bonchev–Trinajstić information content (AvgIpc) is 3.05. The Morgan fingerprint density at radius 3 is 2.88 bits per heavy atom. The summed E-state index contributed by atoms with van der Waals surface area (Å²) in [4.78, 5) is 6.62. The zero-order chi connectivity index (χ0) is 17.9. The second kappa shape index (κ2) is 7.41. The third kappa shape index (κ3) is 4.11. The first-order chi connectivity index (χ1) is 12.0. The van der Waals surface area contributed by atoms with Crippen molar-refractivity contribution in [2.24, 2.45) is 0 Å². The SMILES string of the molecule is CCOc1ccc(C)cc1S(=O)(=O)NC1CCN(c2ccccn2)C1. The van der Waals surface area contributed by atoms with Crippen LogP contribution in [0.5, 0.6) is 5.75 Å². The van der Waals surface area contributed by atoms with Crippen molar-refractivity contribution in [1.29, 1.82) is 0 Å². The van der Waals surface area contributed by atoms with Gasteiger partial charge in [-0.05, 0) is 50.1 Å². The van der Waals surface area contributed by atoms with Gasteiger partial charge in [0.2, 0.25) is 10.0 Å². The Balaban J connectivity index is 1.76. The summed E-state index contributed by atoms with van der Waals surface area (Å²) in [6.45, 7) is 5.50. The van der Waals surface area contributed by atoms with Crippen LogP contribution in [-0.4, -0.2) is 39.1 Å². The standard InChI is InChI=1S/C18H23N3O3S/c1-3-24-16-8-7-14(2)12-17(16)25(22,23)20-15-9-11-21(13-15)18-6-4-5-10-19-18/h4-8,10,12,15,20H,3,9,11,13H2,1-2H3. The first-order valence-corrected chi connectivity index (χ1v) is 9.89. The Kier molecular flexibility index (Phi) is 5.24. The number of hydrogen-bond acceptors (Lipinski definition) is 5. The molecule has 25 heavy (non-hydrogen) atoms. The number of ether oxygens (including phenoxy) is 1. The van der Waals surface area contributed by atoms with E-state index in [9.17, 15) is 8.42 Å². The molecule has 1 aromatic heterocycles. The van der Waals surface area contributed by atoms with E-state index in [1.807, 2.05) is 38.1 Å². The number of benzene rings is 1. The highest BCUT2D eigenvalue weighted by molar-refractivity contribution is 7.89. The van der Waals surface area contributed by atoms with Crippen LogP contribution in [-0.2, 0) is 10.0 Å². The van der Waals surface area contributed by atoms with E-state index in [1.165, 1.54) is 0 Å². The molecule has 134 valence electrons. The van der Waals surface area contributed by atoms with Gasteiger partial charge in [-0.15, -0.1) is 0 Å². The largest absolute Gasteiger partial charge is 0.492 e. The molecule has 1 atom stereocenters. The molecule has 7 heteroatoms. The maximum absolute atomic E-state index is 12.9. The van der Waals surface area contributed by atoms with Crippen molar-refractivity contribution in [3.8, 4) is 5.75 Å². The van der Waals surface area contributed by atoms with Crippen molar-refractivity contribution in [2.75, 3.05) is 24.6 Å². The van der Waals surface area contributed by atoms with Crippen LogP contribution in [0.3, 0.4) is 0 Å². The lowest BCUT2D eigenvalue weighted by molar-refractivity contribution is 0.331. The topological polar surface area (TPSA) is 71.5 Å². The van der Waals surface area contributed by atoms with E-state index in [0.717, 1.165) is 24.3 Å². The third-order valence-electron chi connectivity index (χ3n) is 4.17. The molecule has 3 rings (SSSR count). The van der Waals surface area contributed by atoms with E-state index in [4.69, 9.17) is 4.74 Å². The Hall–Kier alpha value is -2.12. The van der Waals surface area contributed by atoms with Gasteiger partial charge in [0.05, 0.1) is 6.61 Å². The van der Waals surface area contributed by atoms with Crippen LogP contribution in [0, 0.1) is 6.92 Å². The van der Waals surface area contributed by atoms with Crippen molar-refractivity contribution in [3.05, 3.63) is 48.2 Å². The van der Waals surface area contributed by atoms with Gasteiger partial charge >= 0.3 is 0 Å². The Bertz CT molecular complexity index is 825. The molecule has 1 fully saturated rings. The summed E-state index contributed by atoms with van der Waals surface area (Å²) < 4.78 is 34.0. The molecule has 0 radical (unpaired) electrons. The molecule has 2 heterocycles. The van der Waals surface area contributed by atoms with Gasteiger partial charge in [-0.2, -0.15) is 0 Å². The van der Waals surface area contributed by atoms with Gasteiger partial charge in [0.15, 0.2) is 0 Å². The summed E-state index contributed by atoms with van der Waals surface area (Å²) in [7, 11) is -3.65. The maximum Gasteiger partial charge on any atom is 0.244 e. The van der Waals surface area contributed by atoms with Gasteiger partial charge in [0.1, 0.15) is 16.5 Å². The lowest BCUT2D eigenvalue weighted by Gasteiger charge is -2.18. The molecule has 0 amide bonds. The van der Waals surface area contributed by atoms with E-state index in [-0.39, 0.29) is 10.9 Å². The summed E-state index contributed by atoms with van der Waals surface area (Å²) in [5.74, 6) is 1.26. The van der Waals surface area contributed by atoms with Gasteiger partial charge in [-0.1, -0.05) is 12.1 Å². The van der Waals surface area contributed by atoms with E-state index in [2.05, 4.69) is 14.6 Å². The van der Waals surface area contributed by atoms with Gasteiger partial charge in [-0.25, -0.2) is 18.1 Å². The Morgan fingerprint density at radius 1 is 1.32 bits per heavy atom. The number of pyridine rings is 1. The van der Waals surface area contributed by atoms with E-state index in [0.29, 0.717) is 18.9 Å². The van der Waals surface area contributed by atoms with Gasteiger partial charge in [0.25, 0.3) is 0 Å². The first-order valence-electron chi connectivity index (χ1n) is 8.41. The molecule has 1 aliphatic rings. The van der Waals surface area contributed by atoms with Crippen LogP contribution in [0.2, 0.25) is 0 Å². The van der Waals surface area contributed by atoms with Crippen molar-refractivity contribution in [1.82, 2.24) is 9.71 Å². The lowest BCUT2D eigenvalue weighted by atomic mass is 10.2. The summed E-state index contributed by atoms with van der Waals surface area (Å²) >= 11 is 0. The monoisotopic (exact) mass is 361 g/mol. The van der Waals surface area contributed by atoms with Crippen LogP contribution in [0.15, 0.2) is 47.5 Å². The second-order valence-electron chi connectivity index (χ2n) is 6.12. The van der Waals surface area contributed by atoms with Crippen LogP contribution in [0.1, 0.15) is 18.9 Å². The second-order valence-corrected chi connectivity index (χ2v) is 7.81. The molecular formula is C18H23N3O3S. The van der Waals surface area contributed by atoms with Gasteiger partial charge < -0.3 is 9.64 Å². The average molecular weight is 361 g/mol. The van der Waals surface area contributed by atoms with Crippen molar-refractivity contribution < 1.29 is 13.2 Å². The van der Waals surface area contributed by atoms with Crippen LogP contribution >= 0.6 is 0 Å². The number of aryl methyl sites for hydroxylation is 1. The molecule has 1 unspecified atom stereocenters. The zero-order valence-corrected chi connectivity index (χ0v) is 15.3. The van der Waals surface area contributed by atoms with Crippen molar-refractivity contribution >= 4 is 15.8 Å². The number of sulfonamides is 1. The Morgan fingerprint density at radius 2 is 2.16 bits per heavy atom. The smallest absolute Gasteiger partial charge is 0.244 e. The van der Waals surface area contributed by atoms with Gasteiger partial charge in [0, 0.05) is 25.3 Å². The normalized spacial score (nSPS) is 17.7. The van der Waals surface area contributed by atoms with E-state index in [1.54, 1.807) is 18.3 Å². The van der Waals surface area contributed by atoms with Gasteiger partial charge in [-0.3, -0.25) is 0 Å². The number of anilines is 1. The molecule has 0 saturated carbocycles. The predicted molar refractivity (Wildman–Crippen MR) is 97.5 cm³/mol. The summed E-state index contributed by atoms with van der Waals surface area (Å²) in [5, 5.41) is 0. The fourth-order valence-corrected chi connectivity index (χ4v) is 4.48. The molecule has 0 bridgehead atoms. The molecule has 1 aromatic carbocycles. The summed E-state index contributed by atoms with van der Waals surface area (Å²) in [6.07, 6.45) is 2.49. The number of hydrogen-bond donors (Lipinski definition) is 1. The minimum Gasteiger partial charge on any atom is -0.492 e. The number of nitrogens with one attached hydrogen (secondary N) is 1. The predicted octanol–water partition coefficient (Wildman–Crippen LogP) is 2.35. The first kappa shape index (κ1) is 17.7. The van der Waals surface area contributed by atoms with Crippen molar-refractivity contribution in [3.63, 3.8) is 0 Å². The highest BCUT2D eigenvalue weighted by Crippen LogP contribution is 2.26. The fourth-order valence-electron chi connectivity index (χ4n) is 2.99. The quantitative estimate of drug-likeness (QED) is 0.855. The van der Waals surface area contributed by atoms with Crippen LogP contribution < -0.4 is 14.4 Å². The molecule has 1 N–H and O–H groups in total.